The van der Waals surface area contributed by atoms with Crippen LogP contribution in [-0.2, 0) is 17.4 Å². The Morgan fingerprint density at radius 2 is 1.80 bits per heavy atom. The molecule has 2 aromatic carbocycles. The Morgan fingerprint density at radius 1 is 1.12 bits per heavy atom. The van der Waals surface area contributed by atoms with Gasteiger partial charge < -0.3 is 10.4 Å². The third-order valence-corrected chi connectivity index (χ3v) is 3.88. The molecule has 0 aliphatic carbocycles. The highest BCUT2D eigenvalue weighted by Crippen LogP contribution is 2.29. The topological polar surface area (TPSA) is 66.4 Å². The van der Waals surface area contributed by atoms with Gasteiger partial charge in [0, 0.05) is 16.5 Å². The summed E-state index contributed by atoms with van der Waals surface area (Å²) in [6.45, 7) is 0. The summed E-state index contributed by atoms with van der Waals surface area (Å²) in [5.41, 5.74) is -0.464. The average Bonchev–Trinajstić information content (AvgIpc) is 2.53. The molecule has 0 heterocycles. The van der Waals surface area contributed by atoms with E-state index in [1.54, 1.807) is 12.1 Å². The molecular weight excluding hydrogens is 403 g/mol. The number of carboxylic acid groups (broad SMARTS) is 1. The minimum absolute atomic E-state index is 0.164. The first-order chi connectivity index (χ1) is 11.7. The van der Waals surface area contributed by atoms with Crippen molar-refractivity contribution < 1.29 is 27.9 Å². The Hall–Kier alpha value is -2.35. The van der Waals surface area contributed by atoms with E-state index >= 15 is 0 Å². The molecule has 0 saturated carbocycles. The minimum Gasteiger partial charge on any atom is -0.480 e. The Morgan fingerprint density at radius 3 is 2.40 bits per heavy atom. The van der Waals surface area contributed by atoms with E-state index in [4.69, 9.17) is 0 Å². The highest BCUT2D eigenvalue weighted by molar-refractivity contribution is 9.10. The standard InChI is InChI=1S/C17H13BrF3NO3/c18-13-6-2-4-11(9-13)15(23)22-14(16(24)25)8-10-3-1-5-12(7-10)17(19,20)21/h1-7,9,14H,8H2,(H,22,23)(H,24,25)/t14-/m1/s1. The Bertz CT molecular complexity index is 793. The van der Waals surface area contributed by atoms with Crippen LogP contribution in [0.5, 0.6) is 0 Å². The van der Waals surface area contributed by atoms with Crippen LogP contribution in [0.15, 0.2) is 53.0 Å². The van der Waals surface area contributed by atoms with E-state index in [2.05, 4.69) is 21.2 Å². The van der Waals surface area contributed by atoms with Crippen molar-refractivity contribution in [1.29, 1.82) is 0 Å². The quantitative estimate of drug-likeness (QED) is 0.778. The van der Waals surface area contributed by atoms with Gasteiger partial charge in [-0.05, 0) is 29.8 Å². The van der Waals surface area contributed by atoms with Crippen LogP contribution >= 0.6 is 15.9 Å². The van der Waals surface area contributed by atoms with Gasteiger partial charge in [0.15, 0.2) is 0 Å². The van der Waals surface area contributed by atoms with Crippen LogP contribution in [0.1, 0.15) is 21.5 Å². The maximum absolute atomic E-state index is 12.7. The van der Waals surface area contributed by atoms with Crippen LogP contribution in [0, 0.1) is 0 Å². The minimum atomic E-state index is -4.52. The molecule has 1 amide bonds. The molecule has 0 fully saturated rings. The van der Waals surface area contributed by atoms with Gasteiger partial charge in [-0.25, -0.2) is 4.79 Å². The molecule has 0 aliphatic rings. The summed E-state index contributed by atoms with van der Waals surface area (Å²) in [6, 6.07) is 9.34. The fourth-order valence-electron chi connectivity index (χ4n) is 2.18. The molecule has 25 heavy (non-hydrogen) atoms. The van der Waals surface area contributed by atoms with Crippen molar-refractivity contribution in [3.8, 4) is 0 Å². The van der Waals surface area contributed by atoms with Crippen molar-refractivity contribution >= 4 is 27.8 Å². The lowest BCUT2D eigenvalue weighted by Crippen LogP contribution is -2.42. The lowest BCUT2D eigenvalue weighted by Gasteiger charge is -2.16. The van der Waals surface area contributed by atoms with E-state index in [0.717, 1.165) is 12.1 Å². The van der Waals surface area contributed by atoms with Crippen molar-refractivity contribution in [2.45, 2.75) is 18.6 Å². The second kappa shape index (κ2) is 7.69. The number of benzene rings is 2. The van der Waals surface area contributed by atoms with Gasteiger partial charge in [-0.2, -0.15) is 13.2 Å². The van der Waals surface area contributed by atoms with Crippen molar-refractivity contribution in [2.75, 3.05) is 0 Å². The third kappa shape index (κ3) is 5.32. The van der Waals surface area contributed by atoms with Crippen LogP contribution in [0.3, 0.4) is 0 Å². The first kappa shape index (κ1) is 19.0. The number of aliphatic carboxylic acids is 1. The maximum Gasteiger partial charge on any atom is 0.416 e. The number of amides is 1. The maximum atomic E-state index is 12.7. The highest BCUT2D eigenvalue weighted by Gasteiger charge is 2.31. The van der Waals surface area contributed by atoms with Crippen LogP contribution in [0.25, 0.3) is 0 Å². The van der Waals surface area contributed by atoms with E-state index in [-0.39, 0.29) is 17.5 Å². The molecule has 2 rings (SSSR count). The number of halogens is 4. The summed E-state index contributed by atoms with van der Waals surface area (Å²) in [4.78, 5) is 23.5. The van der Waals surface area contributed by atoms with Gasteiger partial charge in [0.1, 0.15) is 6.04 Å². The molecule has 1 atom stereocenters. The summed E-state index contributed by atoms with van der Waals surface area (Å²) < 4.78 is 38.9. The van der Waals surface area contributed by atoms with Crippen LogP contribution in [-0.4, -0.2) is 23.0 Å². The van der Waals surface area contributed by atoms with Gasteiger partial charge in [0.2, 0.25) is 0 Å². The number of hydrogen-bond donors (Lipinski definition) is 2. The number of nitrogens with one attached hydrogen (secondary N) is 1. The molecular formula is C17H13BrF3NO3. The molecule has 2 N–H and O–H groups in total. The molecule has 0 aromatic heterocycles. The first-order valence-corrected chi connectivity index (χ1v) is 7.91. The average molecular weight is 416 g/mol. The Kier molecular flexibility index (Phi) is 5.84. The summed E-state index contributed by atoms with van der Waals surface area (Å²) in [6.07, 6.45) is -4.78. The SMILES string of the molecule is O=C(N[C@H](Cc1cccc(C(F)(F)F)c1)C(=O)O)c1cccc(Br)c1. The smallest absolute Gasteiger partial charge is 0.416 e. The fourth-order valence-corrected chi connectivity index (χ4v) is 2.58. The first-order valence-electron chi connectivity index (χ1n) is 7.12. The van der Waals surface area contributed by atoms with E-state index in [9.17, 15) is 27.9 Å². The normalized spacial score (nSPS) is 12.5. The molecule has 4 nitrogen and oxygen atoms in total. The zero-order valence-corrected chi connectivity index (χ0v) is 14.3. The third-order valence-electron chi connectivity index (χ3n) is 3.38. The van der Waals surface area contributed by atoms with Crippen LogP contribution in [0.2, 0.25) is 0 Å². The number of carboxylic acids is 1. The second-order valence-electron chi connectivity index (χ2n) is 5.28. The number of hydrogen-bond acceptors (Lipinski definition) is 2. The largest absolute Gasteiger partial charge is 0.480 e. The number of carbonyl (C=O) groups excluding carboxylic acids is 1. The monoisotopic (exact) mass is 415 g/mol. The predicted molar refractivity (Wildman–Crippen MR) is 88.2 cm³/mol. The fraction of sp³-hybridized carbons (Fsp3) is 0.176. The molecule has 0 aliphatic heterocycles. The van der Waals surface area contributed by atoms with Crippen molar-refractivity contribution in [3.63, 3.8) is 0 Å². The number of rotatable bonds is 5. The zero-order chi connectivity index (χ0) is 18.6. The van der Waals surface area contributed by atoms with Gasteiger partial charge in [-0.3, -0.25) is 4.79 Å². The molecule has 0 bridgehead atoms. The second-order valence-corrected chi connectivity index (χ2v) is 6.19. The molecule has 0 radical (unpaired) electrons. The molecule has 2 aromatic rings. The van der Waals surface area contributed by atoms with E-state index in [1.165, 1.54) is 24.3 Å². The van der Waals surface area contributed by atoms with E-state index in [0.29, 0.717) is 4.47 Å². The van der Waals surface area contributed by atoms with Gasteiger partial charge in [0.05, 0.1) is 5.56 Å². The number of carbonyl (C=O) groups is 2. The van der Waals surface area contributed by atoms with Gasteiger partial charge in [0.25, 0.3) is 5.91 Å². The van der Waals surface area contributed by atoms with Gasteiger partial charge in [-0.15, -0.1) is 0 Å². The lowest BCUT2D eigenvalue weighted by atomic mass is 10.0. The molecule has 0 saturated heterocycles. The van der Waals surface area contributed by atoms with Crippen molar-refractivity contribution in [3.05, 3.63) is 69.7 Å². The van der Waals surface area contributed by atoms with E-state index < -0.39 is 29.7 Å². The summed E-state index contributed by atoms with van der Waals surface area (Å²) in [7, 11) is 0. The van der Waals surface area contributed by atoms with Crippen molar-refractivity contribution in [2.24, 2.45) is 0 Å². The summed E-state index contributed by atoms with van der Waals surface area (Å²) in [5.74, 6) is -1.96. The van der Waals surface area contributed by atoms with Crippen LogP contribution in [0.4, 0.5) is 13.2 Å². The number of alkyl halides is 3. The van der Waals surface area contributed by atoms with Gasteiger partial charge in [-0.1, -0.05) is 40.2 Å². The Balaban J connectivity index is 2.17. The predicted octanol–water partition coefficient (Wildman–Crippen LogP) is 3.89. The van der Waals surface area contributed by atoms with E-state index in [1.807, 2.05) is 0 Å². The molecule has 8 heteroatoms. The highest BCUT2D eigenvalue weighted by atomic mass is 79.9. The lowest BCUT2D eigenvalue weighted by molar-refractivity contribution is -0.139. The van der Waals surface area contributed by atoms with Crippen LogP contribution < -0.4 is 5.32 Å². The molecule has 0 unspecified atom stereocenters. The van der Waals surface area contributed by atoms with Gasteiger partial charge >= 0.3 is 12.1 Å². The molecule has 132 valence electrons. The summed E-state index contributed by atoms with van der Waals surface area (Å²) >= 11 is 3.20. The zero-order valence-electron chi connectivity index (χ0n) is 12.7. The molecule has 0 spiro atoms. The Labute approximate surface area is 149 Å². The van der Waals surface area contributed by atoms with Crippen molar-refractivity contribution in [1.82, 2.24) is 5.32 Å². The summed E-state index contributed by atoms with van der Waals surface area (Å²) in [5, 5.41) is 11.6.